The number of hydrogen-bond donors (Lipinski definition) is 3. The van der Waals surface area contributed by atoms with Crippen molar-refractivity contribution in [2.24, 2.45) is 0 Å². The molecule has 1 unspecified atom stereocenters. The lowest BCUT2D eigenvalue weighted by atomic mass is 9.94. The van der Waals surface area contributed by atoms with Crippen LogP contribution in [0.15, 0.2) is 77.7 Å². The van der Waals surface area contributed by atoms with E-state index in [4.69, 9.17) is 5.11 Å². The van der Waals surface area contributed by atoms with Crippen LogP contribution in [0.3, 0.4) is 0 Å². The van der Waals surface area contributed by atoms with Crippen LogP contribution in [0, 0.1) is 6.92 Å². The number of β-amino-alcohol motifs (C(OH)–C–C–N with tert-alkyl or cyclic N) is 1. The molecule has 0 fully saturated rings. The fourth-order valence-corrected chi connectivity index (χ4v) is 5.98. The molecular formula is C32H42N2O5S. The molecule has 0 aliphatic heterocycles. The summed E-state index contributed by atoms with van der Waals surface area (Å²) in [6, 6.07) is 22.5. The van der Waals surface area contributed by atoms with Crippen molar-refractivity contribution in [1.82, 2.24) is 9.62 Å². The minimum Gasteiger partial charge on any atom is -0.481 e. The number of hydrogen-bond acceptors (Lipinski definition) is 5. The molecule has 0 bridgehead atoms. The number of aliphatic carboxylic acids is 1. The first-order chi connectivity index (χ1) is 18.9. The highest BCUT2D eigenvalue weighted by atomic mass is 32.2. The number of nitrogens with one attached hydrogen (secondary N) is 1. The van der Waals surface area contributed by atoms with Crippen LogP contribution in [0.2, 0.25) is 0 Å². The second-order valence-electron chi connectivity index (χ2n) is 11.1. The molecule has 3 N–H and O–H groups in total. The summed E-state index contributed by atoms with van der Waals surface area (Å²) in [5.41, 5.74) is 4.86. The van der Waals surface area contributed by atoms with Gasteiger partial charge in [-0.05, 0) is 86.4 Å². The van der Waals surface area contributed by atoms with Gasteiger partial charge in [-0.15, -0.1) is 0 Å². The van der Waals surface area contributed by atoms with Gasteiger partial charge in [0.1, 0.15) is 0 Å². The van der Waals surface area contributed by atoms with Crippen molar-refractivity contribution in [1.29, 1.82) is 0 Å². The first-order valence-corrected chi connectivity index (χ1v) is 15.2. The first-order valence-electron chi connectivity index (χ1n) is 13.7. The van der Waals surface area contributed by atoms with Gasteiger partial charge in [-0.3, -0.25) is 4.79 Å². The number of carboxylic acids is 1. The molecule has 7 nitrogen and oxygen atoms in total. The van der Waals surface area contributed by atoms with Gasteiger partial charge in [-0.2, -0.15) is 4.31 Å². The number of likely N-dealkylation sites (N-methyl/N-ethyl adjacent to an activating group) is 1. The van der Waals surface area contributed by atoms with Crippen LogP contribution in [0.4, 0.5) is 0 Å². The van der Waals surface area contributed by atoms with Crippen molar-refractivity contribution in [2.75, 3.05) is 20.1 Å². The highest BCUT2D eigenvalue weighted by Gasteiger charge is 2.25. The Morgan fingerprint density at radius 3 is 2.35 bits per heavy atom. The molecule has 40 heavy (non-hydrogen) atoms. The van der Waals surface area contributed by atoms with Crippen molar-refractivity contribution in [3.8, 4) is 11.1 Å². The molecule has 0 spiro atoms. The third-order valence-electron chi connectivity index (χ3n) is 7.22. The topological polar surface area (TPSA) is 107 Å². The van der Waals surface area contributed by atoms with Crippen molar-refractivity contribution in [3.05, 3.63) is 89.5 Å². The maximum absolute atomic E-state index is 13.3. The van der Waals surface area contributed by atoms with Crippen molar-refractivity contribution in [2.45, 2.75) is 69.4 Å². The molecule has 0 radical (unpaired) electrons. The van der Waals surface area contributed by atoms with Crippen LogP contribution < -0.4 is 5.32 Å². The van der Waals surface area contributed by atoms with Gasteiger partial charge in [0.25, 0.3) is 0 Å². The molecule has 8 heteroatoms. The zero-order chi connectivity index (χ0) is 29.3. The lowest BCUT2D eigenvalue weighted by Crippen LogP contribution is -2.46. The SMILES string of the molecule is Cc1ccccc1CCCC(C)(C)NCC(O)CN(C)S(=O)(=O)c1cccc(-c2cccc(CCC(=O)O)c2)c1. The van der Waals surface area contributed by atoms with Crippen molar-refractivity contribution >= 4 is 16.0 Å². The average Bonchev–Trinajstić information content (AvgIpc) is 2.92. The maximum Gasteiger partial charge on any atom is 0.303 e. The molecule has 3 rings (SSSR count). The number of sulfonamides is 1. The Kier molecular flexibility index (Phi) is 11.0. The highest BCUT2D eigenvalue weighted by Crippen LogP contribution is 2.25. The summed E-state index contributed by atoms with van der Waals surface area (Å²) in [7, 11) is -2.35. The van der Waals surface area contributed by atoms with Crippen LogP contribution in [0.5, 0.6) is 0 Å². The van der Waals surface area contributed by atoms with E-state index in [1.165, 1.54) is 22.5 Å². The van der Waals surface area contributed by atoms with E-state index < -0.39 is 22.1 Å². The average molecular weight is 567 g/mol. The lowest BCUT2D eigenvalue weighted by Gasteiger charge is -2.29. The van der Waals surface area contributed by atoms with E-state index in [1.807, 2.05) is 36.4 Å². The Balaban J connectivity index is 1.57. The summed E-state index contributed by atoms with van der Waals surface area (Å²) >= 11 is 0. The van der Waals surface area contributed by atoms with E-state index in [0.29, 0.717) is 6.42 Å². The molecule has 1 atom stereocenters. The lowest BCUT2D eigenvalue weighted by molar-refractivity contribution is -0.136. The Morgan fingerprint density at radius 1 is 0.975 bits per heavy atom. The van der Waals surface area contributed by atoms with Crippen LogP contribution in [-0.2, 0) is 27.7 Å². The molecule has 0 aliphatic carbocycles. The Hall–Kier alpha value is -3.04. The number of rotatable bonds is 15. The van der Waals surface area contributed by atoms with E-state index >= 15 is 0 Å². The minimum atomic E-state index is -3.83. The summed E-state index contributed by atoms with van der Waals surface area (Å²) in [6.45, 7) is 6.56. The predicted octanol–water partition coefficient (Wildman–Crippen LogP) is 5.05. The molecule has 0 saturated carbocycles. The van der Waals surface area contributed by atoms with Gasteiger partial charge in [0.15, 0.2) is 0 Å². The summed E-state index contributed by atoms with van der Waals surface area (Å²) in [6.07, 6.45) is 2.49. The fraction of sp³-hybridized carbons (Fsp3) is 0.406. The number of carbonyl (C=O) groups is 1. The number of aliphatic hydroxyl groups is 1. The van der Waals surface area contributed by atoms with Gasteiger partial charge in [-0.25, -0.2) is 8.42 Å². The predicted molar refractivity (Wildman–Crippen MR) is 160 cm³/mol. The minimum absolute atomic E-state index is 0.0322. The normalized spacial score (nSPS) is 12.9. The monoisotopic (exact) mass is 566 g/mol. The van der Waals surface area contributed by atoms with Crippen LogP contribution in [0.1, 0.15) is 49.8 Å². The van der Waals surface area contributed by atoms with Crippen LogP contribution >= 0.6 is 0 Å². The summed E-state index contributed by atoms with van der Waals surface area (Å²) in [5.74, 6) is -0.861. The number of aliphatic hydroxyl groups excluding tert-OH is 1. The second kappa shape index (κ2) is 14.0. The van der Waals surface area contributed by atoms with Gasteiger partial charge < -0.3 is 15.5 Å². The van der Waals surface area contributed by atoms with Gasteiger partial charge >= 0.3 is 5.97 Å². The molecule has 216 valence electrons. The Bertz CT molecular complexity index is 1390. The molecule has 0 aromatic heterocycles. The fourth-order valence-electron chi connectivity index (χ4n) is 4.73. The molecule has 3 aromatic carbocycles. The Morgan fingerprint density at radius 2 is 1.65 bits per heavy atom. The highest BCUT2D eigenvalue weighted by molar-refractivity contribution is 7.89. The quantitative estimate of drug-likeness (QED) is 0.238. The third kappa shape index (κ3) is 9.27. The number of aryl methyl sites for hydroxylation is 3. The number of nitrogens with zero attached hydrogens (tertiary/aromatic N) is 1. The molecule has 0 heterocycles. The summed E-state index contributed by atoms with van der Waals surface area (Å²) in [5, 5.41) is 23.0. The summed E-state index contributed by atoms with van der Waals surface area (Å²) in [4.78, 5) is 11.1. The summed E-state index contributed by atoms with van der Waals surface area (Å²) < 4.78 is 27.8. The van der Waals surface area contributed by atoms with Gasteiger partial charge in [-0.1, -0.05) is 60.7 Å². The largest absolute Gasteiger partial charge is 0.481 e. The zero-order valence-corrected chi connectivity index (χ0v) is 24.7. The van der Waals surface area contributed by atoms with Crippen LogP contribution in [0.25, 0.3) is 11.1 Å². The maximum atomic E-state index is 13.3. The van der Waals surface area contributed by atoms with Crippen molar-refractivity contribution in [3.63, 3.8) is 0 Å². The van der Waals surface area contributed by atoms with Gasteiger partial charge in [0, 0.05) is 32.1 Å². The Labute approximate surface area is 238 Å². The van der Waals surface area contributed by atoms with Crippen LogP contribution in [-0.4, -0.2) is 60.7 Å². The van der Waals surface area contributed by atoms with E-state index in [2.05, 4.69) is 44.3 Å². The van der Waals surface area contributed by atoms with E-state index in [0.717, 1.165) is 36.0 Å². The second-order valence-corrected chi connectivity index (χ2v) is 13.2. The number of benzene rings is 3. The van der Waals surface area contributed by atoms with Crippen molar-refractivity contribution < 1.29 is 23.4 Å². The molecule has 3 aromatic rings. The number of carboxylic acid groups (broad SMARTS) is 1. The van der Waals surface area contributed by atoms with E-state index in [9.17, 15) is 18.3 Å². The smallest absolute Gasteiger partial charge is 0.303 e. The standard InChI is InChI=1S/C32H42N2O5S/c1-24-10-5-6-12-26(24)15-9-19-32(2,3)33-22-29(35)23-34(4)40(38,39)30-16-8-14-28(21-30)27-13-7-11-25(20-27)17-18-31(36)37/h5-8,10-14,16,20-21,29,33,35H,9,15,17-19,22-23H2,1-4H3,(H,36,37). The molecular weight excluding hydrogens is 524 g/mol. The zero-order valence-electron chi connectivity index (χ0n) is 23.9. The van der Waals surface area contributed by atoms with Gasteiger partial charge in [0.2, 0.25) is 10.0 Å². The van der Waals surface area contributed by atoms with Gasteiger partial charge in [0.05, 0.1) is 11.0 Å². The molecule has 0 saturated heterocycles. The van der Waals surface area contributed by atoms with E-state index in [-0.39, 0.29) is 29.9 Å². The first kappa shape index (κ1) is 31.5. The third-order valence-corrected chi connectivity index (χ3v) is 9.04. The van der Waals surface area contributed by atoms with E-state index in [1.54, 1.807) is 18.2 Å². The molecule has 0 aliphatic rings. The molecule has 0 amide bonds.